The van der Waals surface area contributed by atoms with Gasteiger partial charge in [-0.15, -0.1) is 0 Å². The van der Waals surface area contributed by atoms with Crippen LogP contribution in [0.2, 0.25) is 0 Å². The molecule has 5 rings (SSSR count). The highest BCUT2D eigenvalue weighted by atomic mass is 16.6. The normalized spacial score (nSPS) is 17.2. The van der Waals surface area contributed by atoms with Crippen molar-refractivity contribution in [3.63, 3.8) is 0 Å². The lowest BCUT2D eigenvalue weighted by atomic mass is 9.88. The Hall–Kier alpha value is -3.39. The highest BCUT2D eigenvalue weighted by Crippen LogP contribution is 2.36. The Morgan fingerprint density at radius 2 is 1.97 bits per heavy atom. The lowest BCUT2D eigenvalue weighted by Crippen LogP contribution is -2.51. The van der Waals surface area contributed by atoms with Crippen molar-refractivity contribution in [2.75, 3.05) is 25.0 Å². The summed E-state index contributed by atoms with van der Waals surface area (Å²) in [5.74, 6) is -0.0619. The van der Waals surface area contributed by atoms with Gasteiger partial charge in [-0.25, -0.2) is 4.79 Å². The van der Waals surface area contributed by atoms with E-state index in [0.717, 1.165) is 27.6 Å². The van der Waals surface area contributed by atoms with Crippen molar-refractivity contribution >= 4 is 28.5 Å². The number of piperidine rings is 1. The van der Waals surface area contributed by atoms with Crippen molar-refractivity contribution in [1.29, 1.82) is 0 Å². The van der Waals surface area contributed by atoms with Crippen molar-refractivity contribution in [2.24, 2.45) is 0 Å². The summed E-state index contributed by atoms with van der Waals surface area (Å²) in [6, 6.07) is 9.82. The third-order valence-corrected chi connectivity index (χ3v) is 6.78. The summed E-state index contributed by atoms with van der Waals surface area (Å²) in [6.45, 7) is 6.52. The van der Waals surface area contributed by atoms with Gasteiger partial charge in [0.2, 0.25) is 0 Å². The topological polar surface area (TPSA) is 96.7 Å². The van der Waals surface area contributed by atoms with Crippen molar-refractivity contribution in [3.8, 4) is 0 Å². The summed E-state index contributed by atoms with van der Waals surface area (Å²) in [6.07, 6.45) is 5.37. The lowest BCUT2D eigenvalue weighted by molar-refractivity contribution is 0.000127. The second-order valence-electron chi connectivity index (χ2n) is 10.3. The first-order chi connectivity index (χ1) is 16.2. The number of amides is 2. The molecule has 178 valence electrons. The molecule has 0 spiro atoms. The van der Waals surface area contributed by atoms with Crippen molar-refractivity contribution in [1.82, 2.24) is 14.7 Å². The summed E-state index contributed by atoms with van der Waals surface area (Å²) in [7, 11) is 0. The maximum atomic E-state index is 12.4. The average molecular weight is 463 g/mol. The Kier molecular flexibility index (Phi) is 5.36. The molecule has 1 saturated heterocycles. The fourth-order valence-corrected chi connectivity index (χ4v) is 4.93. The highest BCUT2D eigenvalue weighted by Gasteiger charge is 2.39. The molecule has 0 radical (unpaired) electrons. The Morgan fingerprint density at radius 1 is 1.21 bits per heavy atom. The molecule has 1 fully saturated rings. The zero-order valence-corrected chi connectivity index (χ0v) is 19.8. The minimum Gasteiger partial charge on any atom is -0.444 e. The molecule has 2 aliphatic rings. The van der Waals surface area contributed by atoms with Crippen LogP contribution in [0.5, 0.6) is 0 Å². The number of likely N-dealkylation sites (tertiary alicyclic amines) is 1. The van der Waals surface area contributed by atoms with Gasteiger partial charge < -0.3 is 20.1 Å². The number of carbonyl (C=O) groups excluding carboxylic acids is 2. The summed E-state index contributed by atoms with van der Waals surface area (Å²) >= 11 is 0. The van der Waals surface area contributed by atoms with E-state index in [0.29, 0.717) is 37.9 Å². The molecular weight excluding hydrogens is 432 g/mol. The summed E-state index contributed by atoms with van der Waals surface area (Å²) in [5.41, 5.74) is 2.63. The van der Waals surface area contributed by atoms with Gasteiger partial charge in [0.05, 0.1) is 18.3 Å². The number of rotatable bonds is 4. The number of aromatic nitrogens is 2. The predicted molar refractivity (Wildman–Crippen MR) is 129 cm³/mol. The smallest absolute Gasteiger partial charge is 0.410 e. The van der Waals surface area contributed by atoms with Crippen LogP contribution < -0.4 is 5.32 Å². The van der Waals surface area contributed by atoms with E-state index in [1.165, 1.54) is 0 Å². The molecular formula is C26H30N4O4. The number of nitrogens with zero attached hydrogens (tertiary/aromatic N) is 3. The van der Waals surface area contributed by atoms with Gasteiger partial charge in [0, 0.05) is 42.3 Å². The number of hydrogen-bond donors (Lipinski definition) is 2. The monoisotopic (exact) mass is 462 g/mol. The second-order valence-corrected chi connectivity index (χ2v) is 10.3. The molecule has 0 atom stereocenters. The SMILES string of the molecule is CC(C)(C)OC(=O)N1CCC(CO)(n2cc(Cc3ccc4c5c(cccc35)C(=O)N4)cn2)CC1. The molecule has 0 bridgehead atoms. The van der Waals surface area contributed by atoms with Crippen LogP contribution in [0.1, 0.15) is 55.1 Å². The third kappa shape index (κ3) is 3.92. The first kappa shape index (κ1) is 22.4. The Labute approximate surface area is 198 Å². The largest absolute Gasteiger partial charge is 0.444 e. The number of nitrogens with one attached hydrogen (secondary N) is 1. The maximum Gasteiger partial charge on any atom is 0.410 e. The lowest BCUT2D eigenvalue weighted by Gasteiger charge is -2.41. The van der Waals surface area contributed by atoms with Gasteiger partial charge in [0.25, 0.3) is 5.91 Å². The Balaban J connectivity index is 1.34. The van der Waals surface area contributed by atoms with Crippen LogP contribution >= 0.6 is 0 Å². The summed E-state index contributed by atoms with van der Waals surface area (Å²) in [5, 5.41) is 19.9. The Morgan fingerprint density at radius 3 is 2.68 bits per heavy atom. The van der Waals surface area contributed by atoms with Gasteiger partial charge in [-0.05, 0) is 62.3 Å². The third-order valence-electron chi connectivity index (χ3n) is 6.78. The van der Waals surface area contributed by atoms with Gasteiger partial charge in [-0.1, -0.05) is 18.2 Å². The van der Waals surface area contributed by atoms with Gasteiger partial charge in [0.1, 0.15) is 5.60 Å². The molecule has 1 aromatic heterocycles. The second kappa shape index (κ2) is 8.13. The predicted octanol–water partition coefficient (Wildman–Crippen LogP) is 3.91. The van der Waals surface area contributed by atoms with Crippen molar-refractivity contribution in [3.05, 3.63) is 59.4 Å². The number of hydrogen-bond acceptors (Lipinski definition) is 5. The first-order valence-electron chi connectivity index (χ1n) is 11.7. The molecule has 2 N–H and O–H groups in total. The first-order valence-corrected chi connectivity index (χ1v) is 11.7. The number of benzene rings is 2. The van der Waals surface area contributed by atoms with E-state index in [1.54, 1.807) is 4.90 Å². The van der Waals surface area contributed by atoms with E-state index < -0.39 is 11.1 Å². The number of carbonyl (C=O) groups is 2. The maximum absolute atomic E-state index is 12.4. The molecule has 3 aromatic rings. The quantitative estimate of drug-likeness (QED) is 0.613. The van der Waals surface area contributed by atoms with Crippen LogP contribution in [0.3, 0.4) is 0 Å². The molecule has 2 amide bonds. The van der Waals surface area contributed by atoms with Crippen LogP contribution in [0.15, 0.2) is 42.7 Å². The molecule has 3 heterocycles. The van der Waals surface area contributed by atoms with E-state index in [4.69, 9.17) is 4.74 Å². The molecule has 8 nitrogen and oxygen atoms in total. The average Bonchev–Trinajstić information content (AvgIpc) is 3.40. The molecule has 0 unspecified atom stereocenters. The molecule has 0 aliphatic carbocycles. The van der Waals surface area contributed by atoms with Crippen molar-refractivity contribution < 1.29 is 19.4 Å². The zero-order valence-electron chi connectivity index (χ0n) is 19.8. The van der Waals surface area contributed by atoms with Crippen LogP contribution in [0.25, 0.3) is 10.8 Å². The van der Waals surface area contributed by atoms with Gasteiger partial charge in [0.15, 0.2) is 0 Å². The van der Waals surface area contributed by atoms with Gasteiger partial charge in [-0.3, -0.25) is 9.48 Å². The van der Waals surface area contributed by atoms with E-state index >= 15 is 0 Å². The fourth-order valence-electron chi connectivity index (χ4n) is 4.93. The number of aliphatic hydroxyl groups excluding tert-OH is 1. The minimum atomic E-state index is -0.547. The van der Waals surface area contributed by atoms with E-state index in [2.05, 4.69) is 10.4 Å². The summed E-state index contributed by atoms with van der Waals surface area (Å²) < 4.78 is 7.36. The van der Waals surface area contributed by atoms with Crippen LogP contribution in [-0.2, 0) is 16.7 Å². The van der Waals surface area contributed by atoms with E-state index in [-0.39, 0.29) is 18.6 Å². The number of aliphatic hydroxyl groups is 1. The number of ether oxygens (including phenoxy) is 1. The van der Waals surface area contributed by atoms with Crippen LogP contribution in [-0.4, -0.2) is 57.1 Å². The molecule has 34 heavy (non-hydrogen) atoms. The zero-order chi connectivity index (χ0) is 24.1. The van der Waals surface area contributed by atoms with Crippen molar-refractivity contribution in [2.45, 2.75) is 51.2 Å². The van der Waals surface area contributed by atoms with Crippen LogP contribution in [0, 0.1) is 0 Å². The van der Waals surface area contributed by atoms with E-state index in [1.807, 2.05) is 68.2 Å². The minimum absolute atomic E-state index is 0.0505. The standard InChI is InChI=1S/C26H30N4O4/c1-25(2,3)34-24(33)29-11-9-26(16-31,10-12-29)30-15-17(14-27-30)13-18-7-8-21-22-19(18)5-4-6-20(22)23(32)28-21/h4-8,14-15,31H,9-13,16H2,1-3H3,(H,28,32). The molecule has 2 aliphatic heterocycles. The highest BCUT2D eigenvalue weighted by molar-refractivity contribution is 6.24. The fraction of sp³-hybridized carbons (Fsp3) is 0.423. The molecule has 8 heteroatoms. The van der Waals surface area contributed by atoms with Gasteiger partial charge in [-0.2, -0.15) is 5.10 Å². The summed E-state index contributed by atoms with van der Waals surface area (Å²) in [4.78, 5) is 26.3. The Bertz CT molecular complexity index is 1270. The number of anilines is 1. The van der Waals surface area contributed by atoms with Gasteiger partial charge >= 0.3 is 6.09 Å². The van der Waals surface area contributed by atoms with E-state index in [9.17, 15) is 14.7 Å². The molecule has 0 saturated carbocycles. The molecule has 2 aromatic carbocycles. The van der Waals surface area contributed by atoms with Crippen LogP contribution in [0.4, 0.5) is 10.5 Å².